The molecule has 59 heavy (non-hydrogen) atoms. The van der Waals surface area contributed by atoms with Gasteiger partial charge in [0.1, 0.15) is 22.1 Å². The highest BCUT2D eigenvalue weighted by Crippen LogP contribution is 2.45. The van der Waals surface area contributed by atoms with Crippen molar-refractivity contribution in [3.05, 3.63) is 75.7 Å². The molecule has 2 N–H and O–H groups in total. The first-order valence-corrected chi connectivity index (χ1v) is 21.9. The highest BCUT2D eigenvalue weighted by atomic mass is 32.2. The lowest BCUT2D eigenvalue weighted by atomic mass is 9.78. The SMILES string of the molecule is CCC[C@H]1N(C(=O)c2ncccc2C(F)(F)F)CCC[C@@]1(Oc1csc(C(F)(F)F)c1)C(=O)N1CCC(O)(c2ccccc2O[C@@H]2CC[C@@H](C(=O)NS(C)(=O)=O)C2)CC1. The lowest BCUT2D eigenvalue weighted by molar-refractivity contribution is -0.163. The Morgan fingerprint density at radius 1 is 1.00 bits per heavy atom. The molecule has 3 aliphatic rings. The van der Waals surface area contributed by atoms with Gasteiger partial charge in [0.15, 0.2) is 0 Å². The summed E-state index contributed by atoms with van der Waals surface area (Å²) in [6.45, 7) is 1.51. The minimum atomic E-state index is -4.94. The quantitative estimate of drug-likeness (QED) is 0.205. The predicted octanol–water partition coefficient (Wildman–Crippen LogP) is 6.54. The molecular formula is C39H44F6N4O8S2. The van der Waals surface area contributed by atoms with Crippen LogP contribution in [0.4, 0.5) is 26.3 Å². The fourth-order valence-corrected chi connectivity index (χ4v) is 9.59. The third-order valence-corrected chi connectivity index (χ3v) is 12.6. The van der Waals surface area contributed by atoms with Crippen LogP contribution in [0.1, 0.15) is 91.2 Å². The molecule has 1 aromatic carbocycles. The number of amides is 3. The van der Waals surface area contributed by atoms with Gasteiger partial charge in [0.25, 0.3) is 11.8 Å². The number of pyridine rings is 1. The smallest absolute Gasteiger partial charge is 0.425 e. The van der Waals surface area contributed by atoms with Gasteiger partial charge in [-0.3, -0.25) is 24.1 Å². The molecule has 0 bridgehead atoms. The van der Waals surface area contributed by atoms with Crippen LogP contribution in [0.25, 0.3) is 0 Å². The molecule has 1 saturated carbocycles. The summed E-state index contributed by atoms with van der Waals surface area (Å²) >= 11 is 0.348. The molecule has 20 heteroatoms. The van der Waals surface area contributed by atoms with Crippen molar-refractivity contribution < 1.29 is 63.7 Å². The summed E-state index contributed by atoms with van der Waals surface area (Å²) in [5, 5.41) is 13.2. The molecule has 0 unspecified atom stereocenters. The lowest BCUT2D eigenvalue weighted by Crippen LogP contribution is -2.68. The van der Waals surface area contributed by atoms with E-state index in [1.54, 1.807) is 31.2 Å². The van der Waals surface area contributed by atoms with Gasteiger partial charge in [0, 0.05) is 55.2 Å². The van der Waals surface area contributed by atoms with Gasteiger partial charge >= 0.3 is 12.4 Å². The van der Waals surface area contributed by atoms with E-state index in [0.717, 1.165) is 40.9 Å². The second kappa shape index (κ2) is 16.9. The van der Waals surface area contributed by atoms with Gasteiger partial charge in [0.05, 0.1) is 29.6 Å². The third-order valence-electron chi connectivity index (χ3n) is 11.1. The topological polar surface area (TPSA) is 155 Å². The highest BCUT2D eigenvalue weighted by Gasteiger charge is 2.57. The van der Waals surface area contributed by atoms with E-state index in [9.17, 15) is 54.3 Å². The molecule has 322 valence electrons. The normalized spacial score (nSPS) is 23.8. The summed E-state index contributed by atoms with van der Waals surface area (Å²) in [6, 6.07) is 8.02. The Bertz CT molecular complexity index is 2140. The molecule has 3 aromatic rings. The molecule has 2 saturated heterocycles. The molecule has 0 radical (unpaired) electrons. The molecule has 0 spiro atoms. The first-order valence-electron chi connectivity index (χ1n) is 19.1. The maximum absolute atomic E-state index is 15.0. The summed E-state index contributed by atoms with van der Waals surface area (Å²) in [6.07, 6.45) is -6.83. The minimum absolute atomic E-state index is 0.0279. The van der Waals surface area contributed by atoms with E-state index in [4.69, 9.17) is 9.47 Å². The number of benzene rings is 1. The number of carbonyl (C=O) groups is 3. The number of sulfonamides is 1. The Morgan fingerprint density at radius 3 is 2.36 bits per heavy atom. The number of thiophene rings is 1. The number of likely N-dealkylation sites (tertiary alicyclic amines) is 2. The van der Waals surface area contributed by atoms with Gasteiger partial charge in [-0.1, -0.05) is 31.5 Å². The van der Waals surface area contributed by atoms with Crippen molar-refractivity contribution in [2.75, 3.05) is 25.9 Å². The summed E-state index contributed by atoms with van der Waals surface area (Å²) in [4.78, 5) is 46.8. The van der Waals surface area contributed by atoms with E-state index in [-0.39, 0.29) is 63.9 Å². The fraction of sp³-hybridized carbons (Fsp3) is 0.538. The van der Waals surface area contributed by atoms with Crippen LogP contribution in [0, 0.1) is 5.92 Å². The Kier molecular flexibility index (Phi) is 12.6. The van der Waals surface area contributed by atoms with E-state index in [1.807, 2.05) is 4.72 Å². The molecule has 4 atom stereocenters. The van der Waals surface area contributed by atoms with Crippen molar-refractivity contribution >= 4 is 39.1 Å². The summed E-state index contributed by atoms with van der Waals surface area (Å²) in [5.41, 5.74) is -5.31. The van der Waals surface area contributed by atoms with Crippen molar-refractivity contribution in [2.45, 2.75) is 100 Å². The molecule has 3 amide bonds. The summed E-state index contributed by atoms with van der Waals surface area (Å²) < 4.78 is 121. The zero-order valence-electron chi connectivity index (χ0n) is 32.1. The van der Waals surface area contributed by atoms with Gasteiger partial charge < -0.3 is 24.4 Å². The maximum atomic E-state index is 15.0. The number of piperidine rings is 2. The van der Waals surface area contributed by atoms with Gasteiger partial charge in [-0.2, -0.15) is 26.3 Å². The molecule has 2 aromatic heterocycles. The Morgan fingerprint density at radius 2 is 1.71 bits per heavy atom. The van der Waals surface area contributed by atoms with Crippen molar-refractivity contribution in [3.8, 4) is 11.5 Å². The summed E-state index contributed by atoms with van der Waals surface area (Å²) in [5.74, 6) is -2.98. The van der Waals surface area contributed by atoms with Crippen molar-refractivity contribution in [3.63, 3.8) is 0 Å². The number of rotatable bonds is 11. The van der Waals surface area contributed by atoms with E-state index >= 15 is 0 Å². The van der Waals surface area contributed by atoms with Gasteiger partial charge in [-0.25, -0.2) is 8.42 Å². The maximum Gasteiger partial charge on any atom is 0.425 e. The Hall–Kier alpha value is -4.43. The fourth-order valence-electron chi connectivity index (χ4n) is 8.38. The van der Waals surface area contributed by atoms with E-state index in [0.29, 0.717) is 41.9 Å². The van der Waals surface area contributed by atoms with E-state index < -0.39 is 85.5 Å². The van der Waals surface area contributed by atoms with Gasteiger partial charge in [-0.05, 0) is 63.1 Å². The van der Waals surface area contributed by atoms with Crippen LogP contribution >= 0.6 is 11.3 Å². The molecule has 12 nitrogen and oxygen atoms in total. The lowest BCUT2D eigenvalue weighted by Gasteiger charge is -2.51. The number of alkyl halides is 6. The Labute approximate surface area is 340 Å². The zero-order valence-corrected chi connectivity index (χ0v) is 33.8. The second-order valence-corrected chi connectivity index (χ2v) is 17.9. The number of para-hydroxylation sites is 1. The molecule has 6 rings (SSSR count). The van der Waals surface area contributed by atoms with Crippen LogP contribution in [-0.4, -0.2) is 89.7 Å². The van der Waals surface area contributed by atoms with Crippen molar-refractivity contribution in [1.29, 1.82) is 0 Å². The molecule has 3 fully saturated rings. The summed E-state index contributed by atoms with van der Waals surface area (Å²) in [7, 11) is -3.75. The number of aromatic nitrogens is 1. The molecule has 4 heterocycles. The number of nitrogens with zero attached hydrogens (tertiary/aromatic N) is 3. The Balaban J connectivity index is 1.27. The van der Waals surface area contributed by atoms with E-state index in [1.165, 1.54) is 4.90 Å². The predicted molar refractivity (Wildman–Crippen MR) is 202 cm³/mol. The highest BCUT2D eigenvalue weighted by molar-refractivity contribution is 7.89. The number of aliphatic hydroxyl groups is 1. The first kappa shape index (κ1) is 44.1. The van der Waals surface area contributed by atoms with Crippen LogP contribution in [0.2, 0.25) is 0 Å². The van der Waals surface area contributed by atoms with Crippen LogP contribution in [-0.2, 0) is 37.6 Å². The number of hydrogen-bond acceptors (Lipinski definition) is 10. The zero-order chi connectivity index (χ0) is 43.0. The number of nitrogens with one attached hydrogen (secondary N) is 1. The average molecular weight is 875 g/mol. The van der Waals surface area contributed by atoms with Crippen molar-refractivity contribution in [1.82, 2.24) is 19.5 Å². The molecule has 2 aliphatic heterocycles. The molecular weight excluding hydrogens is 831 g/mol. The monoisotopic (exact) mass is 874 g/mol. The second-order valence-electron chi connectivity index (χ2n) is 15.2. The van der Waals surface area contributed by atoms with Gasteiger partial charge in [0.2, 0.25) is 21.5 Å². The van der Waals surface area contributed by atoms with Crippen LogP contribution in [0.3, 0.4) is 0 Å². The van der Waals surface area contributed by atoms with Crippen LogP contribution in [0.5, 0.6) is 11.5 Å². The van der Waals surface area contributed by atoms with Crippen LogP contribution < -0.4 is 14.2 Å². The largest absolute Gasteiger partial charge is 0.490 e. The number of ether oxygens (including phenoxy) is 2. The van der Waals surface area contributed by atoms with Crippen molar-refractivity contribution in [2.24, 2.45) is 5.92 Å². The molecule has 1 aliphatic carbocycles. The number of halogens is 6. The average Bonchev–Trinajstić information content (AvgIpc) is 3.85. The van der Waals surface area contributed by atoms with Crippen LogP contribution in [0.15, 0.2) is 54.0 Å². The number of carbonyl (C=O) groups excluding carboxylic acids is 3. The van der Waals surface area contributed by atoms with Gasteiger partial charge in [-0.15, -0.1) is 11.3 Å². The van der Waals surface area contributed by atoms with E-state index in [2.05, 4.69) is 4.98 Å². The minimum Gasteiger partial charge on any atom is -0.490 e. The first-order chi connectivity index (χ1) is 27.6. The third kappa shape index (κ3) is 9.64. The number of hydrogen-bond donors (Lipinski definition) is 2. The standard InChI is InChI=1S/C39H44F6N4O8S2/c1-3-8-30-37(57-26-22-31(58-23-26)39(43,44)45,14-7-18-49(30)34(51)32-28(38(40,41)42)10-6-17-46-32)35(52)48-19-15-36(53,16-20-48)27-9-4-5-11-29(27)56-25-13-12-24(21-25)33(50)47-59(2,54)55/h4-6,9-11,17,22-25,30,53H,3,7-8,12-16,18-21H2,1-2H3,(H,47,50)/t24-,25-,30-,37+/m1/s1.